The zero-order valence-corrected chi connectivity index (χ0v) is 10.0. The minimum absolute atomic E-state index is 0.147. The fourth-order valence-corrected chi connectivity index (χ4v) is 1.51. The molecule has 1 N–H and O–H groups in total. The number of nitrogens with one attached hydrogen (secondary N) is 1. The zero-order chi connectivity index (χ0) is 12.8. The van der Waals surface area contributed by atoms with Crippen LogP contribution in [0, 0.1) is 11.8 Å². The second-order valence-corrected chi connectivity index (χ2v) is 3.63. The normalized spacial score (nSPS) is 9.61. The number of furan rings is 1. The van der Waals surface area contributed by atoms with Crippen molar-refractivity contribution < 1.29 is 9.21 Å². The number of imidazole rings is 1. The van der Waals surface area contributed by atoms with E-state index in [1.165, 1.54) is 12.5 Å². The van der Waals surface area contributed by atoms with E-state index < -0.39 is 0 Å². The molecule has 0 radical (unpaired) electrons. The summed E-state index contributed by atoms with van der Waals surface area (Å²) in [7, 11) is 0. The summed E-state index contributed by atoms with van der Waals surface area (Å²) in [6, 6.07) is 3.62. The van der Waals surface area contributed by atoms with Gasteiger partial charge in [0.05, 0.1) is 31.9 Å². The first kappa shape index (κ1) is 12.0. The topological polar surface area (TPSA) is 62.1 Å². The van der Waals surface area contributed by atoms with E-state index in [4.69, 9.17) is 4.42 Å². The number of hydrogen-bond acceptors (Lipinski definition) is 3. The molecule has 2 aromatic rings. The first-order valence-corrected chi connectivity index (χ1v) is 5.51. The van der Waals surface area contributed by atoms with Gasteiger partial charge in [0.2, 0.25) is 0 Å². The lowest BCUT2D eigenvalue weighted by Gasteiger charge is -2.17. The minimum atomic E-state index is -0.147. The molecule has 5 heteroatoms. The van der Waals surface area contributed by atoms with Gasteiger partial charge in [0, 0.05) is 0 Å². The van der Waals surface area contributed by atoms with Gasteiger partial charge < -0.3 is 14.3 Å². The van der Waals surface area contributed by atoms with Crippen LogP contribution >= 0.6 is 0 Å². The van der Waals surface area contributed by atoms with E-state index in [1.807, 2.05) is 6.07 Å². The van der Waals surface area contributed by atoms with E-state index in [1.54, 1.807) is 24.2 Å². The van der Waals surface area contributed by atoms with Crippen molar-refractivity contribution in [3.05, 3.63) is 42.4 Å². The van der Waals surface area contributed by atoms with Crippen molar-refractivity contribution in [1.29, 1.82) is 0 Å². The van der Waals surface area contributed by atoms with Crippen LogP contribution in [0.5, 0.6) is 0 Å². The maximum atomic E-state index is 12.2. The van der Waals surface area contributed by atoms with Crippen LogP contribution in [0.15, 0.2) is 35.3 Å². The molecule has 0 aromatic carbocycles. The Morgan fingerprint density at radius 1 is 1.61 bits per heavy atom. The first-order valence-electron chi connectivity index (χ1n) is 5.51. The summed E-state index contributed by atoms with van der Waals surface area (Å²) < 4.78 is 5.24. The standard InChI is InChI=1S/C13H13N3O2/c1-2-3-6-16(9-11-5-4-7-18-11)13(17)12-8-14-10-15-12/h4-5,7-8,10H,6,9H2,1H3,(H,14,15). The molecule has 0 aliphatic rings. The van der Waals surface area contributed by atoms with E-state index >= 15 is 0 Å². The van der Waals surface area contributed by atoms with Gasteiger partial charge in [0.25, 0.3) is 5.91 Å². The molecule has 0 fully saturated rings. The molecular formula is C13H13N3O2. The average Bonchev–Trinajstić information content (AvgIpc) is 3.06. The van der Waals surface area contributed by atoms with Gasteiger partial charge in [-0.1, -0.05) is 5.92 Å². The summed E-state index contributed by atoms with van der Waals surface area (Å²) in [6.45, 7) is 2.49. The van der Waals surface area contributed by atoms with E-state index in [9.17, 15) is 4.79 Å². The quantitative estimate of drug-likeness (QED) is 0.831. The fourth-order valence-electron chi connectivity index (χ4n) is 1.51. The monoisotopic (exact) mass is 243 g/mol. The summed E-state index contributed by atoms with van der Waals surface area (Å²) in [5.41, 5.74) is 0.444. The van der Waals surface area contributed by atoms with Crippen molar-refractivity contribution in [2.45, 2.75) is 13.5 Å². The Bertz CT molecular complexity index is 547. The predicted octanol–water partition coefficient (Wildman–Crippen LogP) is 1.67. The number of aromatic nitrogens is 2. The van der Waals surface area contributed by atoms with E-state index in [0.717, 1.165) is 5.76 Å². The van der Waals surface area contributed by atoms with Crippen LogP contribution in [0.25, 0.3) is 0 Å². The molecule has 1 amide bonds. The van der Waals surface area contributed by atoms with E-state index in [0.29, 0.717) is 18.8 Å². The van der Waals surface area contributed by atoms with Crippen LogP contribution in [0.1, 0.15) is 23.2 Å². The van der Waals surface area contributed by atoms with Crippen LogP contribution in [-0.4, -0.2) is 27.3 Å². The smallest absolute Gasteiger partial charge is 0.273 e. The van der Waals surface area contributed by atoms with Crippen LogP contribution < -0.4 is 0 Å². The fraction of sp³-hybridized carbons (Fsp3) is 0.231. The number of carbonyl (C=O) groups is 1. The Morgan fingerprint density at radius 2 is 2.50 bits per heavy atom. The first-order chi connectivity index (χ1) is 8.81. The van der Waals surface area contributed by atoms with Gasteiger partial charge in [0.15, 0.2) is 0 Å². The van der Waals surface area contributed by atoms with Crippen molar-refractivity contribution in [2.75, 3.05) is 6.54 Å². The molecule has 2 aromatic heterocycles. The third-order valence-corrected chi connectivity index (χ3v) is 2.39. The highest BCUT2D eigenvalue weighted by atomic mass is 16.3. The second-order valence-electron chi connectivity index (χ2n) is 3.63. The van der Waals surface area contributed by atoms with Crippen molar-refractivity contribution >= 4 is 5.91 Å². The third-order valence-electron chi connectivity index (χ3n) is 2.39. The lowest BCUT2D eigenvalue weighted by atomic mass is 10.3. The minimum Gasteiger partial charge on any atom is -0.467 e. The number of rotatable bonds is 4. The van der Waals surface area contributed by atoms with Crippen LogP contribution in [0.4, 0.5) is 0 Å². The number of aromatic amines is 1. The van der Waals surface area contributed by atoms with E-state index in [-0.39, 0.29) is 5.91 Å². The van der Waals surface area contributed by atoms with Gasteiger partial charge in [-0.25, -0.2) is 4.98 Å². The highest BCUT2D eigenvalue weighted by molar-refractivity contribution is 5.92. The molecule has 2 heterocycles. The second kappa shape index (κ2) is 5.73. The predicted molar refractivity (Wildman–Crippen MR) is 65.5 cm³/mol. The number of nitrogens with zero attached hydrogens (tertiary/aromatic N) is 2. The van der Waals surface area contributed by atoms with Crippen molar-refractivity contribution in [2.24, 2.45) is 0 Å². The number of hydrogen-bond donors (Lipinski definition) is 1. The Balaban J connectivity index is 2.13. The molecule has 18 heavy (non-hydrogen) atoms. The van der Waals surface area contributed by atoms with Gasteiger partial charge >= 0.3 is 0 Å². The summed E-state index contributed by atoms with van der Waals surface area (Å²) in [5, 5.41) is 0. The van der Waals surface area contributed by atoms with Crippen molar-refractivity contribution in [3.63, 3.8) is 0 Å². The van der Waals surface area contributed by atoms with Gasteiger partial charge in [0.1, 0.15) is 11.5 Å². The summed E-state index contributed by atoms with van der Waals surface area (Å²) in [4.78, 5) is 20.4. The summed E-state index contributed by atoms with van der Waals surface area (Å²) in [5.74, 6) is 6.24. The number of amides is 1. The lowest BCUT2D eigenvalue weighted by molar-refractivity contribution is 0.0750. The maximum absolute atomic E-state index is 12.2. The molecule has 0 aliphatic carbocycles. The largest absolute Gasteiger partial charge is 0.467 e. The Hall–Kier alpha value is -2.48. The molecule has 2 rings (SSSR count). The van der Waals surface area contributed by atoms with Crippen molar-refractivity contribution in [3.8, 4) is 11.8 Å². The van der Waals surface area contributed by atoms with Gasteiger partial charge in [-0.05, 0) is 19.1 Å². The Kier molecular flexibility index (Phi) is 3.82. The molecule has 0 saturated carbocycles. The maximum Gasteiger partial charge on any atom is 0.273 e. The molecule has 0 saturated heterocycles. The van der Waals surface area contributed by atoms with Gasteiger partial charge in [-0.3, -0.25) is 4.79 Å². The average molecular weight is 243 g/mol. The molecule has 0 aliphatic heterocycles. The molecule has 92 valence electrons. The van der Waals surface area contributed by atoms with Crippen LogP contribution in [0.2, 0.25) is 0 Å². The van der Waals surface area contributed by atoms with Gasteiger partial charge in [-0.15, -0.1) is 5.92 Å². The molecule has 0 spiro atoms. The number of H-pyrrole nitrogens is 1. The van der Waals surface area contributed by atoms with Crippen molar-refractivity contribution in [1.82, 2.24) is 14.9 Å². The lowest BCUT2D eigenvalue weighted by Crippen LogP contribution is -2.31. The zero-order valence-electron chi connectivity index (χ0n) is 10.0. The summed E-state index contributed by atoms with van der Waals surface area (Å²) in [6.07, 6.45) is 4.56. The van der Waals surface area contributed by atoms with Crippen LogP contribution in [-0.2, 0) is 6.54 Å². The van der Waals surface area contributed by atoms with Crippen LogP contribution in [0.3, 0.4) is 0 Å². The third kappa shape index (κ3) is 2.80. The molecule has 0 bridgehead atoms. The highest BCUT2D eigenvalue weighted by Gasteiger charge is 2.17. The highest BCUT2D eigenvalue weighted by Crippen LogP contribution is 2.08. The SMILES string of the molecule is CC#CCN(Cc1ccco1)C(=O)c1cnc[nH]1. The molecule has 0 atom stereocenters. The number of carbonyl (C=O) groups excluding carboxylic acids is 1. The molecule has 0 unspecified atom stereocenters. The Labute approximate surface area is 105 Å². The van der Waals surface area contributed by atoms with Gasteiger partial charge in [-0.2, -0.15) is 0 Å². The Morgan fingerprint density at radius 3 is 3.11 bits per heavy atom. The molecular weight excluding hydrogens is 230 g/mol. The summed E-state index contributed by atoms with van der Waals surface area (Å²) >= 11 is 0. The van der Waals surface area contributed by atoms with E-state index in [2.05, 4.69) is 21.8 Å². The molecule has 5 nitrogen and oxygen atoms in total.